The number of aromatic nitrogens is 1. The van der Waals surface area contributed by atoms with Gasteiger partial charge in [0.1, 0.15) is 11.6 Å². The molecule has 1 heterocycles. The lowest BCUT2D eigenvalue weighted by molar-refractivity contribution is 0.587. The Balaban J connectivity index is 2.10. The van der Waals surface area contributed by atoms with Gasteiger partial charge in [-0.3, -0.25) is 4.72 Å². The Morgan fingerprint density at radius 1 is 1.12 bits per heavy atom. The fraction of sp³-hybridized carbons (Fsp3) is 0.167. The summed E-state index contributed by atoms with van der Waals surface area (Å²) in [5.74, 6) is -1.56. The highest BCUT2D eigenvalue weighted by molar-refractivity contribution is 7.92. The van der Waals surface area contributed by atoms with Gasteiger partial charge >= 0.3 is 0 Å². The highest BCUT2D eigenvalue weighted by Crippen LogP contribution is 2.33. The lowest BCUT2D eigenvalue weighted by Crippen LogP contribution is -2.17. The van der Waals surface area contributed by atoms with Crippen LogP contribution < -0.4 is 10.5 Å². The van der Waals surface area contributed by atoms with Crippen molar-refractivity contribution in [3.8, 4) is 11.1 Å². The molecule has 26 heavy (non-hydrogen) atoms. The van der Waals surface area contributed by atoms with Gasteiger partial charge < -0.3 is 5.73 Å². The molecule has 2 aromatic carbocycles. The third-order valence-electron chi connectivity index (χ3n) is 3.86. The third kappa shape index (κ3) is 3.60. The van der Waals surface area contributed by atoms with Gasteiger partial charge in [0.15, 0.2) is 5.82 Å². The second-order valence-electron chi connectivity index (χ2n) is 5.88. The molecule has 0 amide bonds. The number of anilines is 2. The molecule has 5 nitrogen and oxygen atoms in total. The summed E-state index contributed by atoms with van der Waals surface area (Å²) in [6.07, 6.45) is 1.89. The van der Waals surface area contributed by atoms with Crippen LogP contribution in [0.3, 0.4) is 0 Å². The Morgan fingerprint density at radius 3 is 2.62 bits per heavy atom. The fourth-order valence-electron chi connectivity index (χ4n) is 2.70. The highest BCUT2D eigenvalue weighted by Gasteiger charge is 2.19. The predicted octanol–water partition coefficient (Wildman–Crippen LogP) is 3.91. The Kier molecular flexibility index (Phi) is 4.78. The van der Waals surface area contributed by atoms with Crippen molar-refractivity contribution in [2.24, 2.45) is 0 Å². The van der Waals surface area contributed by atoms with Crippen LogP contribution in [-0.4, -0.2) is 19.2 Å². The van der Waals surface area contributed by atoms with Gasteiger partial charge in [0.05, 0.1) is 17.0 Å². The van der Waals surface area contributed by atoms with Crippen molar-refractivity contribution >= 4 is 32.3 Å². The van der Waals surface area contributed by atoms with Crippen molar-refractivity contribution in [2.45, 2.75) is 13.3 Å². The minimum atomic E-state index is -3.69. The van der Waals surface area contributed by atoms with Gasteiger partial charge in [-0.1, -0.05) is 19.1 Å². The van der Waals surface area contributed by atoms with Crippen molar-refractivity contribution in [3.05, 3.63) is 54.2 Å². The van der Waals surface area contributed by atoms with Crippen molar-refractivity contribution in [1.29, 1.82) is 0 Å². The maximum atomic E-state index is 14.9. The number of rotatable bonds is 5. The third-order valence-corrected chi connectivity index (χ3v) is 5.34. The molecule has 0 spiro atoms. The van der Waals surface area contributed by atoms with E-state index in [2.05, 4.69) is 9.71 Å². The summed E-state index contributed by atoms with van der Waals surface area (Å²) in [6.45, 7) is 1.70. The Bertz CT molecular complexity index is 1090. The van der Waals surface area contributed by atoms with E-state index in [1.807, 2.05) is 0 Å². The fourth-order valence-corrected chi connectivity index (χ4v) is 3.83. The van der Waals surface area contributed by atoms with E-state index in [9.17, 15) is 17.2 Å². The van der Waals surface area contributed by atoms with E-state index >= 15 is 0 Å². The average molecular weight is 377 g/mol. The summed E-state index contributed by atoms with van der Waals surface area (Å²) >= 11 is 0. The van der Waals surface area contributed by atoms with E-state index in [1.54, 1.807) is 31.2 Å². The van der Waals surface area contributed by atoms with Crippen molar-refractivity contribution in [3.63, 3.8) is 0 Å². The van der Waals surface area contributed by atoms with Crippen molar-refractivity contribution in [1.82, 2.24) is 4.98 Å². The first-order valence-electron chi connectivity index (χ1n) is 7.95. The number of benzene rings is 2. The van der Waals surface area contributed by atoms with Crippen LogP contribution in [0.2, 0.25) is 0 Å². The first-order valence-corrected chi connectivity index (χ1v) is 9.60. The van der Waals surface area contributed by atoms with E-state index in [-0.39, 0.29) is 22.6 Å². The number of hydrogen-bond donors (Lipinski definition) is 2. The number of nitrogens with two attached hydrogens (primary N) is 1. The zero-order valence-electron chi connectivity index (χ0n) is 14.0. The number of nitrogen functional groups attached to an aromatic ring is 1. The zero-order valence-corrected chi connectivity index (χ0v) is 14.8. The van der Waals surface area contributed by atoms with E-state index in [0.717, 1.165) is 17.5 Å². The summed E-state index contributed by atoms with van der Waals surface area (Å²) in [5.41, 5.74) is 5.31. The number of pyridine rings is 1. The lowest BCUT2D eigenvalue weighted by atomic mass is 10.0. The van der Waals surface area contributed by atoms with Gasteiger partial charge in [0.2, 0.25) is 10.0 Å². The molecule has 0 aliphatic heterocycles. The van der Waals surface area contributed by atoms with Gasteiger partial charge in [-0.15, -0.1) is 0 Å². The standard InChI is InChI=1S/C18H17F2N3O2S/c1-2-7-26(24,25)23-15-6-5-14(19)17(18(15)20)12-4-3-11-9-16(21)22-10-13(11)8-12/h3-6,8-10,23H,2,7H2,1H3,(H2,21,22). The van der Waals surface area contributed by atoms with Crippen LogP contribution >= 0.6 is 0 Å². The van der Waals surface area contributed by atoms with Crippen LogP contribution in [0.15, 0.2) is 42.6 Å². The smallest absolute Gasteiger partial charge is 0.232 e. The summed E-state index contributed by atoms with van der Waals surface area (Å²) in [4.78, 5) is 3.97. The Labute approximate surface area is 149 Å². The van der Waals surface area contributed by atoms with Crippen LogP contribution in [-0.2, 0) is 10.0 Å². The van der Waals surface area contributed by atoms with E-state index in [1.165, 1.54) is 6.20 Å². The number of nitrogens with one attached hydrogen (secondary N) is 1. The predicted molar refractivity (Wildman–Crippen MR) is 99.2 cm³/mol. The molecular weight excluding hydrogens is 360 g/mol. The minimum Gasteiger partial charge on any atom is -0.384 e. The molecule has 0 radical (unpaired) electrons. The van der Waals surface area contributed by atoms with Crippen LogP contribution in [0.25, 0.3) is 21.9 Å². The Morgan fingerprint density at radius 2 is 1.88 bits per heavy atom. The summed E-state index contributed by atoms with van der Waals surface area (Å²) in [7, 11) is -3.69. The van der Waals surface area contributed by atoms with Gasteiger partial charge in [-0.25, -0.2) is 22.2 Å². The van der Waals surface area contributed by atoms with Gasteiger partial charge in [-0.05, 0) is 41.6 Å². The lowest BCUT2D eigenvalue weighted by Gasteiger charge is -2.13. The van der Waals surface area contributed by atoms with Crippen molar-refractivity contribution < 1.29 is 17.2 Å². The monoisotopic (exact) mass is 377 g/mol. The molecular formula is C18H17F2N3O2S. The molecule has 0 bridgehead atoms. The Hall–Kier alpha value is -2.74. The molecule has 0 saturated heterocycles. The molecule has 0 unspecified atom stereocenters. The van der Waals surface area contributed by atoms with Crippen LogP contribution in [0.4, 0.5) is 20.3 Å². The topological polar surface area (TPSA) is 85.1 Å². The van der Waals surface area contributed by atoms with Gasteiger partial charge in [-0.2, -0.15) is 0 Å². The first-order chi connectivity index (χ1) is 12.3. The van der Waals surface area contributed by atoms with E-state index < -0.39 is 21.7 Å². The molecule has 3 aromatic rings. The summed E-state index contributed by atoms with van der Waals surface area (Å²) in [6, 6.07) is 8.57. The molecule has 0 saturated carbocycles. The average Bonchev–Trinajstić information content (AvgIpc) is 2.57. The molecule has 3 rings (SSSR count). The second kappa shape index (κ2) is 6.87. The molecule has 8 heteroatoms. The maximum absolute atomic E-state index is 14.9. The van der Waals surface area contributed by atoms with Crippen LogP contribution in [0.5, 0.6) is 0 Å². The molecule has 0 aliphatic rings. The maximum Gasteiger partial charge on any atom is 0.232 e. The minimum absolute atomic E-state index is 0.151. The summed E-state index contributed by atoms with van der Waals surface area (Å²) < 4.78 is 55.1. The van der Waals surface area contributed by atoms with Crippen LogP contribution in [0.1, 0.15) is 13.3 Å². The SMILES string of the molecule is CCCS(=O)(=O)Nc1ccc(F)c(-c2ccc3cc(N)ncc3c2)c1F. The van der Waals surface area contributed by atoms with E-state index in [0.29, 0.717) is 17.6 Å². The van der Waals surface area contributed by atoms with Gasteiger partial charge in [0.25, 0.3) is 0 Å². The highest BCUT2D eigenvalue weighted by atomic mass is 32.2. The van der Waals surface area contributed by atoms with Crippen molar-refractivity contribution in [2.75, 3.05) is 16.2 Å². The van der Waals surface area contributed by atoms with Crippen LogP contribution in [0, 0.1) is 11.6 Å². The quantitative estimate of drug-likeness (QED) is 0.706. The summed E-state index contributed by atoms with van der Waals surface area (Å²) in [5, 5.41) is 1.44. The molecule has 0 aliphatic carbocycles. The largest absolute Gasteiger partial charge is 0.384 e. The molecule has 3 N–H and O–H groups in total. The first kappa shape index (κ1) is 18.1. The zero-order chi connectivity index (χ0) is 18.9. The van der Waals surface area contributed by atoms with E-state index in [4.69, 9.17) is 5.73 Å². The molecule has 1 aromatic heterocycles. The number of fused-ring (bicyclic) bond motifs is 1. The second-order valence-corrected chi connectivity index (χ2v) is 7.72. The molecule has 0 fully saturated rings. The van der Waals surface area contributed by atoms with Gasteiger partial charge in [0, 0.05) is 11.6 Å². The molecule has 0 atom stereocenters. The molecule has 136 valence electrons. The number of hydrogen-bond acceptors (Lipinski definition) is 4. The normalized spacial score (nSPS) is 11.7. The number of sulfonamides is 1. The number of halogens is 2. The number of nitrogens with zero attached hydrogens (tertiary/aromatic N) is 1.